The van der Waals surface area contributed by atoms with Crippen molar-refractivity contribution in [2.45, 2.75) is 12.8 Å². The number of pyridine rings is 1. The predicted molar refractivity (Wildman–Crippen MR) is 110 cm³/mol. The fourth-order valence-electron chi connectivity index (χ4n) is 3.55. The molecule has 2 amide bonds. The highest BCUT2D eigenvalue weighted by molar-refractivity contribution is 6.30. The third-order valence-corrected chi connectivity index (χ3v) is 5.28. The molecule has 1 atom stereocenters. The minimum atomic E-state index is -0.350. The molecule has 1 aliphatic rings. The zero-order valence-corrected chi connectivity index (χ0v) is 16.0. The molecule has 28 heavy (non-hydrogen) atoms. The first-order valence-electron chi connectivity index (χ1n) is 9.28. The molecular formula is C22H20ClN3O2. The molecule has 1 aliphatic heterocycles. The quantitative estimate of drug-likeness (QED) is 0.720. The average molecular weight is 394 g/mol. The first-order valence-corrected chi connectivity index (χ1v) is 9.66. The number of anilines is 1. The van der Waals surface area contributed by atoms with Gasteiger partial charge in [-0.1, -0.05) is 41.9 Å². The number of para-hydroxylation sites is 1. The monoisotopic (exact) mass is 393 g/mol. The minimum Gasteiger partial charge on any atom is -0.355 e. The Bertz CT molecular complexity index is 1010. The number of nitrogens with one attached hydrogen (secondary N) is 1. The van der Waals surface area contributed by atoms with Gasteiger partial charge in [-0.3, -0.25) is 14.6 Å². The van der Waals surface area contributed by atoms with Gasteiger partial charge in [-0.05, 0) is 36.2 Å². The van der Waals surface area contributed by atoms with E-state index in [4.69, 9.17) is 11.6 Å². The van der Waals surface area contributed by atoms with Gasteiger partial charge in [0.05, 0.1) is 17.1 Å². The molecule has 6 heteroatoms. The lowest BCUT2D eigenvalue weighted by Gasteiger charge is -2.18. The highest BCUT2D eigenvalue weighted by atomic mass is 35.5. The lowest BCUT2D eigenvalue weighted by Crippen LogP contribution is -2.34. The molecule has 1 N–H and O–H groups in total. The topological polar surface area (TPSA) is 62.3 Å². The maximum Gasteiger partial charge on any atom is 0.227 e. The zero-order chi connectivity index (χ0) is 19.5. The number of rotatable bonds is 5. The van der Waals surface area contributed by atoms with Gasteiger partial charge in [0.2, 0.25) is 11.8 Å². The minimum absolute atomic E-state index is 0.0454. The van der Waals surface area contributed by atoms with Crippen molar-refractivity contribution in [3.05, 3.63) is 71.4 Å². The standard InChI is InChI=1S/C22H20ClN3O2/c23-18-8-6-15(7-9-18)10-12-25-22(28)17-13-20(27)26(14-17)19-5-1-3-16-4-2-11-24-21(16)19/h1-9,11,17H,10,12-14H2,(H,25,28). The first-order chi connectivity index (χ1) is 13.6. The second-order valence-corrected chi connectivity index (χ2v) is 7.36. The van der Waals surface area contributed by atoms with E-state index in [0.717, 1.165) is 28.6 Å². The molecule has 0 radical (unpaired) electrons. The maximum atomic E-state index is 12.6. The van der Waals surface area contributed by atoms with E-state index < -0.39 is 0 Å². The van der Waals surface area contributed by atoms with Crippen molar-refractivity contribution in [3.63, 3.8) is 0 Å². The fraction of sp³-hybridized carbons (Fsp3) is 0.227. The van der Waals surface area contributed by atoms with Crippen LogP contribution in [0.3, 0.4) is 0 Å². The van der Waals surface area contributed by atoms with Gasteiger partial charge in [0.15, 0.2) is 0 Å². The van der Waals surface area contributed by atoms with Crippen LogP contribution in [0.2, 0.25) is 5.02 Å². The first kappa shape index (κ1) is 18.4. The number of amides is 2. The summed E-state index contributed by atoms with van der Waals surface area (Å²) < 4.78 is 0. The van der Waals surface area contributed by atoms with Gasteiger partial charge in [-0.15, -0.1) is 0 Å². The molecule has 0 saturated carbocycles. The molecule has 3 aromatic rings. The van der Waals surface area contributed by atoms with E-state index in [-0.39, 0.29) is 24.2 Å². The van der Waals surface area contributed by atoms with Gasteiger partial charge in [0.25, 0.3) is 0 Å². The normalized spacial score (nSPS) is 16.5. The Hall–Kier alpha value is -2.92. The molecule has 2 aromatic carbocycles. The third-order valence-electron chi connectivity index (χ3n) is 5.02. The Morgan fingerprint density at radius 1 is 1.14 bits per heavy atom. The molecule has 1 fully saturated rings. The van der Waals surface area contributed by atoms with Crippen LogP contribution in [-0.2, 0) is 16.0 Å². The molecule has 2 heterocycles. The van der Waals surface area contributed by atoms with Crippen molar-refractivity contribution < 1.29 is 9.59 Å². The number of carbonyl (C=O) groups is 2. The van der Waals surface area contributed by atoms with Crippen LogP contribution in [0.1, 0.15) is 12.0 Å². The SMILES string of the molecule is O=C(NCCc1ccc(Cl)cc1)C1CC(=O)N(c2cccc3cccnc23)C1. The number of nitrogens with zero attached hydrogens (tertiary/aromatic N) is 2. The van der Waals surface area contributed by atoms with Crippen molar-refractivity contribution in [1.82, 2.24) is 10.3 Å². The Kier molecular flexibility index (Phi) is 5.26. The molecule has 1 aromatic heterocycles. The van der Waals surface area contributed by atoms with E-state index in [1.54, 1.807) is 11.1 Å². The van der Waals surface area contributed by atoms with E-state index in [0.29, 0.717) is 18.1 Å². The Labute approximate surface area is 168 Å². The van der Waals surface area contributed by atoms with Crippen LogP contribution < -0.4 is 10.2 Å². The summed E-state index contributed by atoms with van der Waals surface area (Å²) in [4.78, 5) is 31.2. The molecule has 4 rings (SSSR count). The van der Waals surface area contributed by atoms with E-state index in [1.165, 1.54) is 0 Å². The van der Waals surface area contributed by atoms with Gasteiger partial charge >= 0.3 is 0 Å². The van der Waals surface area contributed by atoms with Gasteiger partial charge in [0.1, 0.15) is 0 Å². The Balaban J connectivity index is 1.40. The van der Waals surface area contributed by atoms with Gasteiger partial charge < -0.3 is 10.2 Å². The fourth-order valence-corrected chi connectivity index (χ4v) is 3.67. The third kappa shape index (κ3) is 3.85. The highest BCUT2D eigenvalue weighted by Crippen LogP contribution is 2.30. The average Bonchev–Trinajstić information content (AvgIpc) is 3.10. The molecule has 0 bridgehead atoms. The van der Waals surface area contributed by atoms with Crippen molar-refractivity contribution >= 4 is 40.0 Å². The number of halogens is 1. The zero-order valence-electron chi connectivity index (χ0n) is 15.3. The summed E-state index contributed by atoms with van der Waals surface area (Å²) in [6.07, 6.45) is 2.66. The van der Waals surface area contributed by atoms with Gasteiger partial charge in [0, 0.05) is 36.1 Å². The summed E-state index contributed by atoms with van der Waals surface area (Å²) in [7, 11) is 0. The van der Waals surface area contributed by atoms with Gasteiger partial charge in [-0.2, -0.15) is 0 Å². The summed E-state index contributed by atoms with van der Waals surface area (Å²) >= 11 is 5.89. The largest absolute Gasteiger partial charge is 0.355 e. The summed E-state index contributed by atoms with van der Waals surface area (Å²) in [5.41, 5.74) is 2.65. The number of hydrogen-bond donors (Lipinski definition) is 1. The lowest BCUT2D eigenvalue weighted by atomic mass is 10.1. The summed E-state index contributed by atoms with van der Waals surface area (Å²) in [6, 6.07) is 17.2. The Morgan fingerprint density at radius 2 is 1.93 bits per heavy atom. The van der Waals surface area contributed by atoms with E-state index in [1.807, 2.05) is 54.6 Å². The van der Waals surface area contributed by atoms with Crippen LogP contribution in [-0.4, -0.2) is 29.9 Å². The number of carbonyl (C=O) groups excluding carboxylic acids is 2. The molecule has 0 aliphatic carbocycles. The molecular weight excluding hydrogens is 374 g/mol. The molecule has 142 valence electrons. The van der Waals surface area contributed by atoms with Crippen LogP contribution in [0, 0.1) is 5.92 Å². The number of fused-ring (bicyclic) bond motifs is 1. The Morgan fingerprint density at radius 3 is 2.75 bits per heavy atom. The number of benzene rings is 2. The number of aromatic nitrogens is 1. The summed E-state index contributed by atoms with van der Waals surface area (Å²) in [6.45, 7) is 0.905. The van der Waals surface area contributed by atoms with Crippen LogP contribution in [0.5, 0.6) is 0 Å². The molecule has 1 saturated heterocycles. The van der Waals surface area contributed by atoms with E-state index in [9.17, 15) is 9.59 Å². The smallest absolute Gasteiger partial charge is 0.227 e. The summed E-state index contributed by atoms with van der Waals surface area (Å²) in [5, 5.41) is 4.62. The maximum absolute atomic E-state index is 12.6. The van der Waals surface area contributed by atoms with Crippen LogP contribution in [0.4, 0.5) is 5.69 Å². The van der Waals surface area contributed by atoms with Crippen LogP contribution >= 0.6 is 11.6 Å². The lowest BCUT2D eigenvalue weighted by molar-refractivity contribution is -0.126. The molecule has 1 unspecified atom stereocenters. The van der Waals surface area contributed by atoms with Gasteiger partial charge in [-0.25, -0.2) is 0 Å². The van der Waals surface area contributed by atoms with Crippen molar-refractivity contribution in [1.29, 1.82) is 0 Å². The van der Waals surface area contributed by atoms with Crippen molar-refractivity contribution in [2.24, 2.45) is 5.92 Å². The van der Waals surface area contributed by atoms with Crippen LogP contribution in [0.15, 0.2) is 60.8 Å². The predicted octanol–water partition coefficient (Wildman–Crippen LogP) is 3.60. The second-order valence-electron chi connectivity index (χ2n) is 6.93. The second kappa shape index (κ2) is 7.98. The highest BCUT2D eigenvalue weighted by Gasteiger charge is 2.35. The summed E-state index contributed by atoms with van der Waals surface area (Å²) in [5.74, 6) is -0.481. The number of hydrogen-bond acceptors (Lipinski definition) is 3. The molecule has 5 nitrogen and oxygen atoms in total. The van der Waals surface area contributed by atoms with Crippen molar-refractivity contribution in [3.8, 4) is 0 Å². The molecule has 0 spiro atoms. The van der Waals surface area contributed by atoms with Crippen molar-refractivity contribution in [2.75, 3.05) is 18.0 Å². The van der Waals surface area contributed by atoms with E-state index >= 15 is 0 Å². The van der Waals surface area contributed by atoms with Crippen LogP contribution in [0.25, 0.3) is 10.9 Å². The van der Waals surface area contributed by atoms with E-state index in [2.05, 4.69) is 10.3 Å².